The monoisotopic (exact) mass is 312 g/mol. The lowest BCUT2D eigenvalue weighted by Crippen LogP contribution is -2.02. The number of esters is 1. The molecule has 4 heteroatoms. The van der Waals surface area contributed by atoms with Crippen molar-refractivity contribution in [3.63, 3.8) is 0 Å². The third kappa shape index (κ3) is 3.02. The van der Waals surface area contributed by atoms with E-state index in [0.29, 0.717) is 5.75 Å². The van der Waals surface area contributed by atoms with E-state index in [4.69, 9.17) is 13.9 Å². The van der Waals surface area contributed by atoms with Crippen LogP contribution in [0.25, 0.3) is 21.7 Å². The van der Waals surface area contributed by atoms with Crippen molar-refractivity contribution in [2.45, 2.75) is 33.1 Å². The van der Waals surface area contributed by atoms with E-state index in [9.17, 15) is 4.79 Å². The number of unbranched alkanes of at least 4 members (excludes halogenated alkanes) is 1. The summed E-state index contributed by atoms with van der Waals surface area (Å²) < 4.78 is 16.7. The molecule has 0 radical (unpaired) electrons. The number of rotatable bonds is 5. The second-order valence-electron chi connectivity index (χ2n) is 5.61. The number of hydrogen-bond donors (Lipinski definition) is 0. The molecule has 23 heavy (non-hydrogen) atoms. The van der Waals surface area contributed by atoms with Gasteiger partial charge in [-0.1, -0.05) is 13.3 Å². The van der Waals surface area contributed by atoms with E-state index < -0.39 is 0 Å². The Kier molecular flexibility index (Phi) is 4.24. The van der Waals surface area contributed by atoms with Gasteiger partial charge in [0.15, 0.2) is 0 Å². The van der Waals surface area contributed by atoms with Crippen molar-refractivity contribution in [1.29, 1.82) is 0 Å². The van der Waals surface area contributed by atoms with Gasteiger partial charge in [-0.15, -0.1) is 0 Å². The van der Waals surface area contributed by atoms with Crippen molar-refractivity contribution in [1.82, 2.24) is 0 Å². The Bertz CT molecular complexity index is 861. The first-order valence-corrected chi connectivity index (χ1v) is 7.84. The minimum absolute atomic E-state index is 0.342. The molecule has 0 atom stereocenters. The highest BCUT2D eigenvalue weighted by Crippen LogP contribution is 2.38. The molecule has 3 aromatic rings. The van der Waals surface area contributed by atoms with Crippen LogP contribution in [0.15, 0.2) is 34.7 Å². The molecule has 0 aliphatic carbocycles. The van der Waals surface area contributed by atoms with Gasteiger partial charge >= 0.3 is 5.97 Å². The molecule has 0 saturated heterocycles. The molecule has 1 aromatic heterocycles. The highest BCUT2D eigenvalue weighted by Gasteiger charge is 2.15. The largest absolute Gasteiger partial charge is 0.497 e. The van der Waals surface area contributed by atoms with Crippen LogP contribution >= 0.6 is 0 Å². The first kappa shape index (κ1) is 15.4. The first-order valence-electron chi connectivity index (χ1n) is 7.84. The summed E-state index contributed by atoms with van der Waals surface area (Å²) in [5.74, 6) is 1.88. The summed E-state index contributed by atoms with van der Waals surface area (Å²) in [7, 11) is 1.63. The fourth-order valence-electron chi connectivity index (χ4n) is 2.75. The summed E-state index contributed by atoms with van der Waals surface area (Å²) in [4.78, 5) is 11.5. The Morgan fingerprint density at radius 1 is 1.17 bits per heavy atom. The van der Waals surface area contributed by atoms with E-state index in [2.05, 4.69) is 6.92 Å². The van der Waals surface area contributed by atoms with Crippen molar-refractivity contribution in [2.24, 2.45) is 0 Å². The van der Waals surface area contributed by atoms with Gasteiger partial charge in [0.1, 0.15) is 22.8 Å². The van der Waals surface area contributed by atoms with Gasteiger partial charge in [0.05, 0.1) is 12.5 Å². The van der Waals surface area contributed by atoms with Gasteiger partial charge in [-0.2, -0.15) is 0 Å². The van der Waals surface area contributed by atoms with Crippen LogP contribution in [0, 0.1) is 0 Å². The molecule has 0 aliphatic rings. The number of methoxy groups -OCH3 is 1. The fraction of sp³-hybridized carbons (Fsp3) is 0.316. The minimum atomic E-state index is -0.342. The molecule has 0 spiro atoms. The third-order valence-corrected chi connectivity index (χ3v) is 3.87. The molecule has 0 unspecified atom stereocenters. The highest BCUT2D eigenvalue weighted by atomic mass is 16.5. The topological polar surface area (TPSA) is 48.7 Å². The SMILES string of the molecule is CCCCc1cc2c(OC(C)=O)c3ccc(OC)cc3cc2o1. The van der Waals surface area contributed by atoms with Crippen LogP contribution in [0.2, 0.25) is 0 Å². The molecular formula is C19H20O4. The Morgan fingerprint density at radius 2 is 2.00 bits per heavy atom. The minimum Gasteiger partial charge on any atom is -0.497 e. The molecule has 0 fully saturated rings. The Hall–Kier alpha value is -2.49. The average Bonchev–Trinajstić information content (AvgIpc) is 2.94. The Balaban J connectivity index is 2.23. The molecule has 1 heterocycles. The molecule has 4 nitrogen and oxygen atoms in total. The summed E-state index contributed by atoms with van der Waals surface area (Å²) in [6.45, 7) is 3.56. The normalized spacial score (nSPS) is 11.1. The number of benzene rings is 2. The van der Waals surface area contributed by atoms with E-state index in [1.165, 1.54) is 6.92 Å². The number of carbonyl (C=O) groups excluding carboxylic acids is 1. The van der Waals surface area contributed by atoms with Gasteiger partial charge < -0.3 is 13.9 Å². The molecule has 120 valence electrons. The second-order valence-corrected chi connectivity index (χ2v) is 5.61. The Morgan fingerprint density at radius 3 is 2.70 bits per heavy atom. The number of ether oxygens (including phenoxy) is 2. The van der Waals surface area contributed by atoms with Crippen LogP contribution in [0.4, 0.5) is 0 Å². The van der Waals surface area contributed by atoms with Gasteiger partial charge in [-0.3, -0.25) is 4.79 Å². The van der Waals surface area contributed by atoms with Gasteiger partial charge in [0.25, 0.3) is 0 Å². The smallest absolute Gasteiger partial charge is 0.308 e. The molecule has 0 aliphatic heterocycles. The third-order valence-electron chi connectivity index (χ3n) is 3.87. The number of carbonyl (C=O) groups is 1. The van der Waals surface area contributed by atoms with Gasteiger partial charge in [0.2, 0.25) is 0 Å². The standard InChI is InChI=1S/C19H20O4/c1-4-5-6-15-11-17-18(23-15)10-13-9-14(21-3)7-8-16(13)19(17)22-12(2)20/h7-11H,4-6H2,1-3H3. The fourth-order valence-corrected chi connectivity index (χ4v) is 2.75. The van der Waals surface area contributed by atoms with E-state index in [1.807, 2.05) is 30.3 Å². The second kappa shape index (κ2) is 6.32. The maximum atomic E-state index is 11.5. The average molecular weight is 312 g/mol. The summed E-state index contributed by atoms with van der Waals surface area (Å²) in [6, 6.07) is 9.63. The van der Waals surface area contributed by atoms with E-state index in [-0.39, 0.29) is 5.97 Å². The van der Waals surface area contributed by atoms with Crippen LogP contribution < -0.4 is 9.47 Å². The predicted molar refractivity (Wildman–Crippen MR) is 90.2 cm³/mol. The zero-order chi connectivity index (χ0) is 16.4. The molecule has 3 rings (SSSR count). The van der Waals surface area contributed by atoms with Crippen LogP contribution in [0.1, 0.15) is 32.4 Å². The highest BCUT2D eigenvalue weighted by molar-refractivity contribution is 6.05. The van der Waals surface area contributed by atoms with Gasteiger partial charge in [0, 0.05) is 18.7 Å². The van der Waals surface area contributed by atoms with Crippen LogP contribution in [-0.4, -0.2) is 13.1 Å². The number of hydrogen-bond acceptors (Lipinski definition) is 4. The lowest BCUT2D eigenvalue weighted by atomic mass is 10.1. The van der Waals surface area contributed by atoms with Crippen molar-refractivity contribution < 1.29 is 18.7 Å². The lowest BCUT2D eigenvalue weighted by Gasteiger charge is -2.09. The van der Waals surface area contributed by atoms with Crippen LogP contribution in [-0.2, 0) is 11.2 Å². The van der Waals surface area contributed by atoms with Crippen molar-refractivity contribution >= 4 is 27.7 Å². The number of aryl methyl sites for hydroxylation is 1. The zero-order valence-corrected chi connectivity index (χ0v) is 13.6. The maximum Gasteiger partial charge on any atom is 0.308 e. The van der Waals surface area contributed by atoms with E-state index in [1.54, 1.807) is 7.11 Å². The predicted octanol–water partition coefficient (Wildman–Crippen LogP) is 4.86. The number of fused-ring (bicyclic) bond motifs is 2. The van der Waals surface area contributed by atoms with Gasteiger partial charge in [-0.05, 0) is 42.1 Å². The van der Waals surface area contributed by atoms with Crippen LogP contribution in [0.5, 0.6) is 11.5 Å². The van der Waals surface area contributed by atoms with Crippen molar-refractivity contribution in [3.05, 3.63) is 36.1 Å². The molecule has 0 amide bonds. The van der Waals surface area contributed by atoms with Crippen molar-refractivity contribution in [3.8, 4) is 11.5 Å². The molecule has 0 N–H and O–H groups in total. The summed E-state index contributed by atoms with van der Waals surface area (Å²) in [5, 5.41) is 2.63. The summed E-state index contributed by atoms with van der Waals surface area (Å²) in [5.41, 5.74) is 0.730. The lowest BCUT2D eigenvalue weighted by molar-refractivity contribution is -0.131. The van der Waals surface area contributed by atoms with Crippen molar-refractivity contribution in [2.75, 3.05) is 7.11 Å². The molecule has 2 aromatic carbocycles. The summed E-state index contributed by atoms with van der Waals surface area (Å²) >= 11 is 0. The Labute approximate surface area is 135 Å². The molecular weight excluding hydrogens is 292 g/mol. The zero-order valence-electron chi connectivity index (χ0n) is 13.6. The molecule has 0 bridgehead atoms. The number of furan rings is 1. The molecule has 0 saturated carbocycles. The van der Waals surface area contributed by atoms with Gasteiger partial charge in [-0.25, -0.2) is 0 Å². The maximum absolute atomic E-state index is 11.5. The first-order chi connectivity index (χ1) is 11.1. The van der Waals surface area contributed by atoms with E-state index in [0.717, 1.165) is 52.5 Å². The van der Waals surface area contributed by atoms with Crippen LogP contribution in [0.3, 0.4) is 0 Å². The quantitative estimate of drug-likeness (QED) is 0.498. The summed E-state index contributed by atoms with van der Waals surface area (Å²) in [6.07, 6.45) is 3.05. The van der Waals surface area contributed by atoms with E-state index >= 15 is 0 Å².